The highest BCUT2D eigenvalue weighted by molar-refractivity contribution is 7.89. The normalized spacial score (nSPS) is 27.3. The number of fused-ring (bicyclic) bond motifs is 2. The van der Waals surface area contributed by atoms with Crippen molar-refractivity contribution in [2.24, 2.45) is 10.6 Å². The lowest BCUT2D eigenvalue weighted by Gasteiger charge is -2.34. The zero-order chi connectivity index (χ0) is 18.9. The van der Waals surface area contributed by atoms with Crippen molar-refractivity contribution in [2.45, 2.75) is 63.1 Å². The molecule has 142 valence electrons. The Labute approximate surface area is 155 Å². The minimum Gasteiger partial charge on any atom is -0.351 e. The number of hydrogen-bond donors (Lipinski definition) is 3. The van der Waals surface area contributed by atoms with Crippen LogP contribution in [0, 0.1) is 5.41 Å². The van der Waals surface area contributed by atoms with Gasteiger partial charge in [-0.05, 0) is 57.2 Å². The number of nitrogens with two attached hydrogens (primary N) is 1. The fourth-order valence-corrected chi connectivity index (χ4v) is 4.62. The molecule has 2 saturated heterocycles. The van der Waals surface area contributed by atoms with Gasteiger partial charge in [0.1, 0.15) is 0 Å². The van der Waals surface area contributed by atoms with E-state index in [0.29, 0.717) is 12.6 Å². The Kier molecular flexibility index (Phi) is 5.23. The van der Waals surface area contributed by atoms with Gasteiger partial charge in [-0.3, -0.25) is 4.79 Å². The molecule has 2 aliphatic rings. The molecule has 3 atom stereocenters. The number of amides is 1. The third-order valence-electron chi connectivity index (χ3n) is 5.55. The minimum absolute atomic E-state index is 0.0740. The number of primary sulfonamides is 1. The lowest BCUT2D eigenvalue weighted by molar-refractivity contribution is -0.132. The molecule has 2 heterocycles. The third kappa shape index (κ3) is 3.84. The van der Waals surface area contributed by atoms with Crippen LogP contribution < -0.4 is 15.8 Å². The number of nitrogens with one attached hydrogen (secondary N) is 2. The summed E-state index contributed by atoms with van der Waals surface area (Å²) in [5, 5.41) is 11.7. The first kappa shape index (κ1) is 19.1. The van der Waals surface area contributed by atoms with Crippen molar-refractivity contribution < 1.29 is 13.2 Å². The molecule has 0 radical (unpaired) electrons. The van der Waals surface area contributed by atoms with Crippen molar-refractivity contribution in [2.75, 3.05) is 0 Å². The van der Waals surface area contributed by atoms with Crippen LogP contribution >= 0.6 is 0 Å². The summed E-state index contributed by atoms with van der Waals surface area (Å²) in [6, 6.07) is 6.96. The second-order valence-electron chi connectivity index (χ2n) is 7.71. The zero-order valence-corrected chi connectivity index (χ0v) is 16.1. The zero-order valence-electron chi connectivity index (χ0n) is 15.3. The van der Waals surface area contributed by atoms with Crippen LogP contribution in [0.15, 0.2) is 40.8 Å². The van der Waals surface area contributed by atoms with Crippen LogP contribution in [0.3, 0.4) is 0 Å². The summed E-state index contributed by atoms with van der Waals surface area (Å²) in [7, 11) is -3.70. The van der Waals surface area contributed by atoms with Gasteiger partial charge in [0, 0.05) is 18.6 Å². The molecule has 0 aliphatic carbocycles. The number of carbonyl (C=O) groups is 1. The lowest BCUT2D eigenvalue weighted by atomic mass is 9.70. The Balaban J connectivity index is 1.70. The molecule has 1 amide bonds. The molecule has 1 aromatic rings. The maximum Gasteiger partial charge on any atom is 0.238 e. The molecule has 2 aliphatic heterocycles. The number of sulfonamides is 1. The van der Waals surface area contributed by atoms with E-state index in [0.717, 1.165) is 31.2 Å². The van der Waals surface area contributed by atoms with Gasteiger partial charge in [0.05, 0.1) is 10.3 Å². The Bertz CT molecular complexity index is 813. The fraction of sp³-hybridized carbons (Fsp3) is 0.526. The Hall–Kier alpha value is -1.70. The molecule has 7 heteroatoms. The van der Waals surface area contributed by atoms with Crippen LogP contribution in [0.1, 0.15) is 45.1 Å². The van der Waals surface area contributed by atoms with E-state index in [1.54, 1.807) is 12.1 Å². The standard InChI is InChI=1S/C19H27N3O3S/c1-13(2)9-10-19(11-15-5-8-17(19)22-15)18(23)21-12-14-3-6-16(7-4-14)26(20,24)25/h3-4,6-7,9,15,17,22H,5,8,10-12H2,1-2H3,(H,21,23)(H2,20,24,25)/t15-,17+,19+/m0/s1. The van der Waals surface area contributed by atoms with Crippen LogP contribution in [0.5, 0.6) is 0 Å². The summed E-state index contributed by atoms with van der Waals surface area (Å²) in [6.07, 6.45) is 5.96. The van der Waals surface area contributed by atoms with Crippen LogP contribution in [0.4, 0.5) is 0 Å². The second kappa shape index (κ2) is 7.13. The first-order valence-electron chi connectivity index (χ1n) is 9.00. The molecule has 3 rings (SSSR count). The van der Waals surface area contributed by atoms with Gasteiger partial charge in [0.2, 0.25) is 15.9 Å². The van der Waals surface area contributed by atoms with E-state index >= 15 is 0 Å². The minimum atomic E-state index is -3.70. The Morgan fingerprint density at radius 2 is 2.00 bits per heavy atom. The summed E-state index contributed by atoms with van der Waals surface area (Å²) in [4.78, 5) is 13.1. The van der Waals surface area contributed by atoms with Gasteiger partial charge in [-0.2, -0.15) is 0 Å². The van der Waals surface area contributed by atoms with E-state index in [1.165, 1.54) is 17.7 Å². The fourth-order valence-electron chi connectivity index (χ4n) is 4.11. The molecule has 0 aromatic heterocycles. The van der Waals surface area contributed by atoms with E-state index in [4.69, 9.17) is 5.14 Å². The first-order chi connectivity index (χ1) is 12.2. The summed E-state index contributed by atoms with van der Waals surface area (Å²) in [6.45, 7) is 4.48. The summed E-state index contributed by atoms with van der Waals surface area (Å²) < 4.78 is 22.6. The highest BCUT2D eigenvalue weighted by atomic mass is 32.2. The largest absolute Gasteiger partial charge is 0.351 e. The molecular formula is C19H27N3O3S. The highest BCUT2D eigenvalue weighted by Crippen LogP contribution is 2.46. The average molecular weight is 378 g/mol. The molecular weight excluding hydrogens is 350 g/mol. The van der Waals surface area contributed by atoms with Gasteiger partial charge >= 0.3 is 0 Å². The van der Waals surface area contributed by atoms with Gasteiger partial charge in [-0.25, -0.2) is 13.6 Å². The van der Waals surface area contributed by atoms with Crippen LogP contribution in [0.2, 0.25) is 0 Å². The van der Waals surface area contributed by atoms with E-state index in [9.17, 15) is 13.2 Å². The van der Waals surface area contributed by atoms with Crippen LogP contribution in [0.25, 0.3) is 0 Å². The Morgan fingerprint density at radius 1 is 1.31 bits per heavy atom. The summed E-state index contributed by atoms with van der Waals surface area (Å²) >= 11 is 0. The maximum absolute atomic E-state index is 13.1. The molecule has 0 spiro atoms. The predicted octanol–water partition coefficient (Wildman–Crippen LogP) is 1.82. The molecule has 26 heavy (non-hydrogen) atoms. The topological polar surface area (TPSA) is 101 Å². The van der Waals surface area contributed by atoms with Gasteiger partial charge in [-0.15, -0.1) is 0 Å². The maximum atomic E-state index is 13.1. The van der Waals surface area contributed by atoms with Crippen molar-refractivity contribution in [3.05, 3.63) is 41.5 Å². The van der Waals surface area contributed by atoms with E-state index in [2.05, 4.69) is 30.6 Å². The molecule has 1 aromatic carbocycles. The highest BCUT2D eigenvalue weighted by Gasteiger charge is 2.54. The SMILES string of the molecule is CC(C)=CC[C@@]1(C(=O)NCc2ccc(S(N)(=O)=O)cc2)C[C@@H]2CC[C@H]1N2. The number of carbonyl (C=O) groups excluding carboxylic acids is 1. The quantitative estimate of drug-likeness (QED) is 0.658. The molecule has 4 N–H and O–H groups in total. The average Bonchev–Trinajstić information content (AvgIpc) is 3.19. The van der Waals surface area contributed by atoms with E-state index < -0.39 is 10.0 Å². The lowest BCUT2D eigenvalue weighted by Crippen LogP contribution is -2.48. The van der Waals surface area contributed by atoms with Gasteiger partial charge < -0.3 is 10.6 Å². The second-order valence-corrected chi connectivity index (χ2v) is 9.27. The van der Waals surface area contributed by atoms with E-state index in [-0.39, 0.29) is 22.3 Å². The summed E-state index contributed by atoms with van der Waals surface area (Å²) in [5.74, 6) is 0.0743. The van der Waals surface area contributed by atoms with E-state index in [1.807, 2.05) is 0 Å². The molecule has 2 bridgehead atoms. The van der Waals surface area contributed by atoms with Crippen molar-refractivity contribution in [3.8, 4) is 0 Å². The van der Waals surface area contributed by atoms with Crippen LogP contribution in [-0.4, -0.2) is 26.4 Å². The third-order valence-corrected chi connectivity index (χ3v) is 6.48. The van der Waals surface area contributed by atoms with Crippen LogP contribution in [-0.2, 0) is 21.4 Å². The van der Waals surface area contributed by atoms with Gasteiger partial charge in [-0.1, -0.05) is 23.8 Å². The number of benzene rings is 1. The monoisotopic (exact) mass is 377 g/mol. The summed E-state index contributed by atoms with van der Waals surface area (Å²) in [5.41, 5.74) is 1.68. The molecule has 0 saturated carbocycles. The van der Waals surface area contributed by atoms with Crippen molar-refractivity contribution in [1.82, 2.24) is 10.6 Å². The Morgan fingerprint density at radius 3 is 2.50 bits per heavy atom. The molecule has 6 nitrogen and oxygen atoms in total. The predicted molar refractivity (Wildman–Crippen MR) is 101 cm³/mol. The van der Waals surface area contributed by atoms with Crippen molar-refractivity contribution >= 4 is 15.9 Å². The smallest absolute Gasteiger partial charge is 0.238 e. The van der Waals surface area contributed by atoms with Gasteiger partial charge in [0.15, 0.2) is 0 Å². The van der Waals surface area contributed by atoms with Gasteiger partial charge in [0.25, 0.3) is 0 Å². The number of allylic oxidation sites excluding steroid dienone is 2. The number of hydrogen-bond acceptors (Lipinski definition) is 4. The first-order valence-corrected chi connectivity index (χ1v) is 10.5. The van der Waals surface area contributed by atoms with Crippen molar-refractivity contribution in [3.63, 3.8) is 0 Å². The molecule has 0 unspecified atom stereocenters. The van der Waals surface area contributed by atoms with Crippen molar-refractivity contribution in [1.29, 1.82) is 0 Å². The number of rotatable bonds is 6. The molecule has 2 fully saturated rings.